The SMILES string of the molecule is FC(F)C(F)(F)C(OC(C(F)(F)F)C(F)(F)C(F)F)C(F)(F)F. The molecule has 23 heavy (non-hydrogen) atoms. The Kier molecular flexibility index (Phi) is 6.18. The van der Waals surface area contributed by atoms with Crippen LogP contribution in [0.25, 0.3) is 0 Å². The summed E-state index contributed by atoms with van der Waals surface area (Å²) >= 11 is 0. The summed E-state index contributed by atoms with van der Waals surface area (Å²) in [6.45, 7) is 0. The summed E-state index contributed by atoms with van der Waals surface area (Å²) in [5, 5.41) is 0. The number of halogens is 14. The molecule has 0 rings (SSSR count). The van der Waals surface area contributed by atoms with Crippen molar-refractivity contribution in [3.05, 3.63) is 0 Å². The molecule has 2 atom stereocenters. The van der Waals surface area contributed by atoms with E-state index in [1.807, 2.05) is 0 Å². The van der Waals surface area contributed by atoms with Crippen LogP contribution in [0.15, 0.2) is 0 Å². The molecule has 0 aliphatic heterocycles. The van der Waals surface area contributed by atoms with Crippen LogP contribution in [-0.2, 0) is 4.74 Å². The van der Waals surface area contributed by atoms with Crippen molar-refractivity contribution in [2.75, 3.05) is 0 Å². The van der Waals surface area contributed by atoms with Gasteiger partial charge in [-0.1, -0.05) is 0 Å². The molecule has 0 saturated heterocycles. The zero-order chi connectivity index (χ0) is 19.0. The number of ether oxygens (including phenoxy) is 1. The summed E-state index contributed by atoms with van der Waals surface area (Å²) < 4.78 is 173. The van der Waals surface area contributed by atoms with Crippen molar-refractivity contribution in [3.8, 4) is 0 Å². The van der Waals surface area contributed by atoms with Crippen LogP contribution in [0, 0.1) is 0 Å². The summed E-state index contributed by atoms with van der Waals surface area (Å²) in [6.07, 6.45) is -34.7. The fourth-order valence-electron chi connectivity index (χ4n) is 1.14. The van der Waals surface area contributed by atoms with Gasteiger partial charge in [0.25, 0.3) is 0 Å². The van der Waals surface area contributed by atoms with Crippen molar-refractivity contribution in [1.82, 2.24) is 0 Å². The average Bonchev–Trinajstić information content (AvgIpc) is 2.24. The van der Waals surface area contributed by atoms with E-state index in [-0.39, 0.29) is 0 Å². The highest BCUT2D eigenvalue weighted by atomic mass is 19.4. The van der Waals surface area contributed by atoms with Gasteiger partial charge >= 0.3 is 37.0 Å². The topological polar surface area (TPSA) is 9.23 Å². The third-order valence-corrected chi connectivity index (χ3v) is 2.15. The summed E-state index contributed by atoms with van der Waals surface area (Å²) in [7, 11) is 0. The number of hydrogen-bond acceptors (Lipinski definition) is 1. The lowest BCUT2D eigenvalue weighted by atomic mass is 10.1. The predicted octanol–water partition coefficient (Wildman–Crippen LogP) is 4.67. The normalized spacial score (nSPS) is 17.7. The highest BCUT2D eigenvalue weighted by molar-refractivity contribution is 4.93. The molecule has 15 heteroatoms. The van der Waals surface area contributed by atoms with Gasteiger partial charge in [-0.25, -0.2) is 17.6 Å². The lowest BCUT2D eigenvalue weighted by Crippen LogP contribution is -2.59. The molecule has 0 amide bonds. The molecule has 0 aromatic rings. The molecule has 0 bridgehead atoms. The average molecular weight is 382 g/mol. The van der Waals surface area contributed by atoms with Crippen molar-refractivity contribution < 1.29 is 66.2 Å². The van der Waals surface area contributed by atoms with Crippen molar-refractivity contribution in [2.45, 2.75) is 49.3 Å². The highest BCUT2D eigenvalue weighted by Gasteiger charge is 2.69. The minimum Gasteiger partial charge on any atom is -0.344 e. The van der Waals surface area contributed by atoms with E-state index in [2.05, 4.69) is 4.74 Å². The van der Waals surface area contributed by atoms with Crippen LogP contribution in [0.4, 0.5) is 61.5 Å². The lowest BCUT2D eigenvalue weighted by Gasteiger charge is -2.34. The second kappa shape index (κ2) is 6.47. The van der Waals surface area contributed by atoms with E-state index >= 15 is 0 Å². The van der Waals surface area contributed by atoms with Crippen LogP contribution in [0.2, 0.25) is 0 Å². The van der Waals surface area contributed by atoms with Gasteiger partial charge in [0.2, 0.25) is 12.2 Å². The molecule has 0 fully saturated rings. The number of hydrogen-bond donors (Lipinski definition) is 0. The summed E-state index contributed by atoms with van der Waals surface area (Å²) in [4.78, 5) is 0. The van der Waals surface area contributed by atoms with E-state index < -0.39 is 49.3 Å². The Bertz CT molecular complexity index is 345. The van der Waals surface area contributed by atoms with E-state index in [1.165, 1.54) is 0 Å². The van der Waals surface area contributed by atoms with Crippen LogP contribution in [-0.4, -0.2) is 49.3 Å². The fourth-order valence-corrected chi connectivity index (χ4v) is 1.14. The fraction of sp³-hybridized carbons (Fsp3) is 1.00. The molecule has 0 aliphatic carbocycles. The van der Waals surface area contributed by atoms with Gasteiger partial charge in [0.05, 0.1) is 0 Å². The molecular weight excluding hydrogens is 378 g/mol. The smallest absolute Gasteiger partial charge is 0.344 e. The Hall–Kier alpha value is -1.02. The zero-order valence-electron chi connectivity index (χ0n) is 10.0. The molecule has 0 heterocycles. The molecule has 0 radical (unpaired) electrons. The monoisotopic (exact) mass is 382 g/mol. The minimum absolute atomic E-state index is 2.32. The second-order valence-corrected chi connectivity index (χ2v) is 3.93. The largest absolute Gasteiger partial charge is 0.420 e. The lowest BCUT2D eigenvalue weighted by molar-refractivity contribution is -0.378. The summed E-state index contributed by atoms with van der Waals surface area (Å²) in [5.41, 5.74) is 0. The van der Waals surface area contributed by atoms with E-state index in [0.717, 1.165) is 0 Å². The van der Waals surface area contributed by atoms with Gasteiger partial charge < -0.3 is 4.74 Å². The van der Waals surface area contributed by atoms with E-state index in [4.69, 9.17) is 0 Å². The first kappa shape index (κ1) is 22.0. The maximum absolute atomic E-state index is 12.6. The molecule has 0 saturated carbocycles. The third kappa shape index (κ3) is 4.97. The van der Waals surface area contributed by atoms with Crippen LogP contribution < -0.4 is 0 Å². The van der Waals surface area contributed by atoms with Crippen molar-refractivity contribution in [3.63, 3.8) is 0 Å². The van der Waals surface area contributed by atoms with Crippen LogP contribution in [0.5, 0.6) is 0 Å². The number of rotatable bonds is 6. The first-order valence-corrected chi connectivity index (χ1v) is 4.97. The molecule has 0 aliphatic rings. The minimum atomic E-state index is -6.69. The predicted molar refractivity (Wildman–Crippen MR) is 42.7 cm³/mol. The van der Waals surface area contributed by atoms with Gasteiger partial charge in [0, 0.05) is 0 Å². The Morgan fingerprint density at radius 2 is 0.696 bits per heavy atom. The standard InChI is InChI=1S/C8H4F14O/c9-3(10)5(13,14)1(7(17,18)19)23-2(8(20,21)22)6(15,16)4(11)12/h1-4H. The first-order chi connectivity index (χ1) is 9.86. The van der Waals surface area contributed by atoms with Crippen LogP contribution in [0.3, 0.4) is 0 Å². The molecule has 140 valence electrons. The van der Waals surface area contributed by atoms with E-state index in [1.54, 1.807) is 0 Å². The molecular formula is C8H4F14O. The third-order valence-electron chi connectivity index (χ3n) is 2.15. The van der Waals surface area contributed by atoms with Crippen LogP contribution >= 0.6 is 0 Å². The highest BCUT2D eigenvalue weighted by Crippen LogP contribution is 2.45. The van der Waals surface area contributed by atoms with E-state index in [9.17, 15) is 61.5 Å². The van der Waals surface area contributed by atoms with Gasteiger partial charge in [0.15, 0.2) is 0 Å². The second-order valence-electron chi connectivity index (χ2n) is 3.93. The zero-order valence-corrected chi connectivity index (χ0v) is 10.0. The van der Waals surface area contributed by atoms with Gasteiger partial charge in [-0.2, -0.15) is 43.9 Å². The van der Waals surface area contributed by atoms with Crippen molar-refractivity contribution >= 4 is 0 Å². The summed E-state index contributed by atoms with van der Waals surface area (Å²) in [6, 6.07) is 0. The molecule has 0 spiro atoms. The molecule has 0 N–H and O–H groups in total. The quantitative estimate of drug-likeness (QED) is 0.607. The molecule has 2 unspecified atom stereocenters. The van der Waals surface area contributed by atoms with Gasteiger partial charge in [0.1, 0.15) is 0 Å². The molecule has 0 aromatic heterocycles. The Balaban J connectivity index is 5.94. The Morgan fingerprint density at radius 3 is 0.826 bits per heavy atom. The number of alkyl halides is 14. The van der Waals surface area contributed by atoms with Crippen molar-refractivity contribution in [2.24, 2.45) is 0 Å². The maximum Gasteiger partial charge on any atom is 0.420 e. The van der Waals surface area contributed by atoms with E-state index in [0.29, 0.717) is 0 Å². The Morgan fingerprint density at radius 1 is 0.478 bits per heavy atom. The van der Waals surface area contributed by atoms with Crippen molar-refractivity contribution in [1.29, 1.82) is 0 Å². The first-order valence-electron chi connectivity index (χ1n) is 4.97. The maximum atomic E-state index is 12.6. The van der Waals surface area contributed by atoms with Gasteiger partial charge in [-0.05, 0) is 0 Å². The van der Waals surface area contributed by atoms with Gasteiger partial charge in [-0.15, -0.1) is 0 Å². The molecule has 0 aromatic carbocycles. The van der Waals surface area contributed by atoms with Gasteiger partial charge in [-0.3, -0.25) is 0 Å². The molecule has 1 nitrogen and oxygen atoms in total. The Labute approximate surface area is 117 Å². The summed E-state index contributed by atoms with van der Waals surface area (Å²) in [5.74, 6) is -12.8. The van der Waals surface area contributed by atoms with Crippen LogP contribution in [0.1, 0.15) is 0 Å².